The summed E-state index contributed by atoms with van der Waals surface area (Å²) in [5, 5.41) is 12.2. The van der Waals surface area contributed by atoms with E-state index >= 15 is 0 Å². The topological polar surface area (TPSA) is 64.1 Å². The fourth-order valence-corrected chi connectivity index (χ4v) is 3.13. The molecule has 3 rings (SSSR count). The van der Waals surface area contributed by atoms with Crippen molar-refractivity contribution in [2.45, 2.75) is 20.3 Å². The Morgan fingerprint density at radius 3 is 2.68 bits per heavy atom. The molecular formula is C19H19N3O2S. The van der Waals surface area contributed by atoms with Crippen molar-refractivity contribution in [1.29, 1.82) is 0 Å². The lowest BCUT2D eigenvalue weighted by atomic mass is 10.1. The summed E-state index contributed by atoms with van der Waals surface area (Å²) in [6.07, 6.45) is 0.258. The van der Waals surface area contributed by atoms with Gasteiger partial charge >= 0.3 is 0 Å². The van der Waals surface area contributed by atoms with E-state index in [9.17, 15) is 4.79 Å². The number of carbonyl (C=O) groups is 1. The average Bonchev–Trinajstić information content (AvgIpc) is 3.06. The minimum Gasteiger partial charge on any atom is -0.493 e. The van der Waals surface area contributed by atoms with E-state index in [2.05, 4.69) is 21.6 Å². The largest absolute Gasteiger partial charge is 0.493 e. The van der Waals surface area contributed by atoms with Crippen LogP contribution in [0.25, 0.3) is 10.6 Å². The Labute approximate surface area is 150 Å². The van der Waals surface area contributed by atoms with E-state index in [1.165, 1.54) is 16.9 Å². The Morgan fingerprint density at radius 2 is 1.92 bits per heavy atom. The maximum absolute atomic E-state index is 12.0. The minimum atomic E-state index is -0.138. The summed E-state index contributed by atoms with van der Waals surface area (Å²) in [6.45, 7) is 4.35. The fraction of sp³-hybridized carbons (Fsp3) is 0.211. The molecule has 2 aromatic carbocycles. The summed E-state index contributed by atoms with van der Waals surface area (Å²) in [5.74, 6) is 0.668. The van der Waals surface area contributed by atoms with Crippen molar-refractivity contribution in [2.75, 3.05) is 11.9 Å². The molecule has 128 valence electrons. The highest BCUT2D eigenvalue weighted by molar-refractivity contribution is 7.18. The molecule has 1 amide bonds. The molecule has 1 heterocycles. The van der Waals surface area contributed by atoms with Crippen LogP contribution in [-0.4, -0.2) is 22.7 Å². The molecule has 0 aliphatic carbocycles. The first-order valence-electron chi connectivity index (χ1n) is 8.00. The maximum Gasteiger partial charge on any atom is 0.229 e. The predicted molar refractivity (Wildman–Crippen MR) is 100 cm³/mol. The molecule has 0 radical (unpaired) electrons. The van der Waals surface area contributed by atoms with Gasteiger partial charge in [0.25, 0.3) is 0 Å². The highest BCUT2D eigenvalue weighted by Gasteiger charge is 2.10. The molecule has 0 aliphatic rings. The number of nitrogens with zero attached hydrogens (tertiary/aromatic N) is 2. The highest BCUT2D eigenvalue weighted by atomic mass is 32.1. The van der Waals surface area contributed by atoms with E-state index in [0.29, 0.717) is 11.7 Å². The van der Waals surface area contributed by atoms with Crippen molar-refractivity contribution in [2.24, 2.45) is 0 Å². The van der Waals surface area contributed by atoms with Crippen LogP contribution in [0.5, 0.6) is 5.75 Å². The van der Waals surface area contributed by atoms with Crippen molar-refractivity contribution < 1.29 is 9.53 Å². The zero-order chi connectivity index (χ0) is 17.6. The summed E-state index contributed by atoms with van der Waals surface area (Å²) >= 11 is 1.35. The molecule has 0 saturated carbocycles. The first-order chi connectivity index (χ1) is 12.1. The van der Waals surface area contributed by atoms with Crippen LogP contribution in [-0.2, 0) is 4.79 Å². The molecule has 1 N–H and O–H groups in total. The number of anilines is 1. The zero-order valence-corrected chi connectivity index (χ0v) is 15.0. The standard InChI is InChI=1S/C19H19N3O2S/c1-13-8-9-16(14(2)12-13)24-11-10-17(23)20-19-22-21-18(25-19)15-6-4-3-5-7-15/h3-9,12H,10-11H2,1-2H3,(H,20,22,23). The predicted octanol–water partition coefficient (Wildman–Crippen LogP) is 4.23. The van der Waals surface area contributed by atoms with Crippen LogP contribution in [0.15, 0.2) is 48.5 Å². The van der Waals surface area contributed by atoms with Gasteiger partial charge in [-0.2, -0.15) is 0 Å². The van der Waals surface area contributed by atoms with Gasteiger partial charge < -0.3 is 10.1 Å². The molecular weight excluding hydrogens is 334 g/mol. The van der Waals surface area contributed by atoms with Gasteiger partial charge in [0.15, 0.2) is 0 Å². The van der Waals surface area contributed by atoms with Crippen LogP contribution in [0.2, 0.25) is 0 Å². The first-order valence-corrected chi connectivity index (χ1v) is 8.82. The Bertz CT molecular complexity index is 862. The lowest BCUT2D eigenvalue weighted by Crippen LogP contribution is -2.15. The molecule has 3 aromatic rings. The second-order valence-corrected chi connectivity index (χ2v) is 6.67. The number of aromatic nitrogens is 2. The molecule has 25 heavy (non-hydrogen) atoms. The first kappa shape index (κ1) is 17.1. The molecule has 0 fully saturated rings. The molecule has 1 aromatic heterocycles. The van der Waals surface area contributed by atoms with Gasteiger partial charge in [-0.3, -0.25) is 4.79 Å². The quantitative estimate of drug-likeness (QED) is 0.720. The third kappa shape index (κ3) is 4.64. The normalized spacial score (nSPS) is 10.5. The summed E-state index contributed by atoms with van der Waals surface area (Å²) in [5.41, 5.74) is 3.24. The van der Waals surface area contributed by atoms with Gasteiger partial charge in [0.05, 0.1) is 13.0 Å². The Hall–Kier alpha value is -2.73. The number of hydrogen-bond donors (Lipinski definition) is 1. The molecule has 6 heteroatoms. The van der Waals surface area contributed by atoms with Crippen LogP contribution in [0.1, 0.15) is 17.5 Å². The molecule has 0 atom stereocenters. The average molecular weight is 353 g/mol. The van der Waals surface area contributed by atoms with Gasteiger partial charge in [0, 0.05) is 5.56 Å². The third-order valence-electron chi connectivity index (χ3n) is 3.61. The smallest absolute Gasteiger partial charge is 0.229 e. The number of aryl methyl sites for hydroxylation is 2. The number of amides is 1. The Kier molecular flexibility index (Phi) is 5.40. The van der Waals surface area contributed by atoms with E-state index in [-0.39, 0.29) is 12.3 Å². The van der Waals surface area contributed by atoms with Crippen molar-refractivity contribution in [1.82, 2.24) is 10.2 Å². The zero-order valence-electron chi connectivity index (χ0n) is 14.2. The molecule has 0 saturated heterocycles. The van der Waals surface area contributed by atoms with Crippen molar-refractivity contribution >= 4 is 22.4 Å². The van der Waals surface area contributed by atoms with E-state index in [1.807, 2.05) is 56.3 Å². The maximum atomic E-state index is 12.0. The lowest BCUT2D eigenvalue weighted by molar-refractivity contribution is -0.116. The molecule has 0 aliphatic heterocycles. The third-order valence-corrected chi connectivity index (χ3v) is 4.50. The second-order valence-electron chi connectivity index (χ2n) is 5.69. The van der Waals surface area contributed by atoms with E-state index in [0.717, 1.165) is 21.9 Å². The number of ether oxygens (including phenoxy) is 1. The number of benzene rings is 2. The number of hydrogen-bond acceptors (Lipinski definition) is 5. The molecule has 5 nitrogen and oxygen atoms in total. The Balaban J connectivity index is 1.50. The minimum absolute atomic E-state index is 0.138. The van der Waals surface area contributed by atoms with Crippen LogP contribution < -0.4 is 10.1 Å². The van der Waals surface area contributed by atoms with Gasteiger partial charge in [-0.1, -0.05) is 59.4 Å². The summed E-state index contributed by atoms with van der Waals surface area (Å²) in [6, 6.07) is 15.7. The van der Waals surface area contributed by atoms with Crippen molar-refractivity contribution in [3.63, 3.8) is 0 Å². The highest BCUT2D eigenvalue weighted by Crippen LogP contribution is 2.26. The Morgan fingerprint density at radius 1 is 1.12 bits per heavy atom. The SMILES string of the molecule is Cc1ccc(OCCC(=O)Nc2nnc(-c3ccccc3)s2)c(C)c1. The van der Waals surface area contributed by atoms with E-state index < -0.39 is 0 Å². The van der Waals surface area contributed by atoms with Crippen molar-refractivity contribution in [3.8, 4) is 16.3 Å². The monoisotopic (exact) mass is 353 g/mol. The fourth-order valence-electron chi connectivity index (χ4n) is 2.37. The van der Waals surface area contributed by atoms with Gasteiger partial charge in [-0.15, -0.1) is 10.2 Å². The van der Waals surface area contributed by atoms with Crippen LogP contribution >= 0.6 is 11.3 Å². The summed E-state index contributed by atoms with van der Waals surface area (Å²) in [4.78, 5) is 12.0. The van der Waals surface area contributed by atoms with Gasteiger partial charge in [0.1, 0.15) is 10.8 Å². The molecule has 0 bridgehead atoms. The summed E-state index contributed by atoms with van der Waals surface area (Å²) < 4.78 is 5.68. The van der Waals surface area contributed by atoms with E-state index in [4.69, 9.17) is 4.74 Å². The van der Waals surface area contributed by atoms with Crippen LogP contribution in [0.3, 0.4) is 0 Å². The molecule has 0 spiro atoms. The number of nitrogens with one attached hydrogen (secondary N) is 1. The van der Waals surface area contributed by atoms with Crippen molar-refractivity contribution in [3.05, 3.63) is 59.7 Å². The molecule has 0 unspecified atom stereocenters. The number of rotatable bonds is 6. The lowest BCUT2D eigenvalue weighted by Gasteiger charge is -2.09. The summed E-state index contributed by atoms with van der Waals surface area (Å²) in [7, 11) is 0. The van der Waals surface area contributed by atoms with Crippen LogP contribution in [0.4, 0.5) is 5.13 Å². The van der Waals surface area contributed by atoms with Gasteiger partial charge in [-0.05, 0) is 25.5 Å². The number of carbonyl (C=O) groups excluding carboxylic acids is 1. The van der Waals surface area contributed by atoms with Gasteiger partial charge in [0.2, 0.25) is 11.0 Å². The van der Waals surface area contributed by atoms with Gasteiger partial charge in [-0.25, -0.2) is 0 Å². The van der Waals surface area contributed by atoms with Crippen LogP contribution in [0, 0.1) is 13.8 Å². The second kappa shape index (κ2) is 7.90. The van der Waals surface area contributed by atoms with E-state index in [1.54, 1.807) is 0 Å².